The number of aromatic amines is 1. The van der Waals surface area contributed by atoms with Crippen molar-refractivity contribution in [3.63, 3.8) is 0 Å². The molecule has 0 saturated carbocycles. The molecule has 2 rings (SSSR count). The van der Waals surface area contributed by atoms with E-state index in [1.54, 1.807) is 31.2 Å². The summed E-state index contributed by atoms with van der Waals surface area (Å²) in [5.74, 6) is 0.225. The molecule has 0 spiro atoms. The van der Waals surface area contributed by atoms with Gasteiger partial charge in [-0.15, -0.1) is 0 Å². The molecule has 0 unspecified atom stereocenters. The highest BCUT2D eigenvalue weighted by Gasteiger charge is 2.06. The summed E-state index contributed by atoms with van der Waals surface area (Å²) < 4.78 is 5.34. The Labute approximate surface area is 132 Å². The van der Waals surface area contributed by atoms with Crippen LogP contribution in [0.5, 0.6) is 5.75 Å². The molecule has 23 heavy (non-hydrogen) atoms. The summed E-state index contributed by atoms with van der Waals surface area (Å²) in [7, 11) is 0. The maximum atomic E-state index is 11.7. The Bertz CT molecular complexity index is 737. The fourth-order valence-electron chi connectivity index (χ4n) is 1.84. The number of aromatic nitrogens is 2. The van der Waals surface area contributed by atoms with Gasteiger partial charge in [0, 0.05) is 18.1 Å². The third-order valence-corrected chi connectivity index (χ3v) is 3.07. The number of Topliss-reactive ketones (excluding diaryl/α,β-unsaturated/α-hetero) is 1. The number of nitrogens with one attached hydrogen (secondary N) is 2. The highest BCUT2D eigenvalue weighted by Crippen LogP contribution is 2.13. The Morgan fingerprint density at radius 1 is 1.26 bits per heavy atom. The molecule has 0 fully saturated rings. The zero-order valence-electron chi connectivity index (χ0n) is 12.7. The van der Waals surface area contributed by atoms with Crippen LogP contribution in [0.4, 0.5) is 0 Å². The third kappa shape index (κ3) is 5.06. The van der Waals surface area contributed by atoms with Gasteiger partial charge in [-0.25, -0.2) is 4.98 Å². The molecule has 1 aromatic heterocycles. The molecule has 2 aromatic rings. The molecule has 0 bridgehead atoms. The summed E-state index contributed by atoms with van der Waals surface area (Å²) in [6.45, 7) is 1.78. The van der Waals surface area contributed by atoms with Crippen molar-refractivity contribution >= 4 is 11.7 Å². The minimum atomic E-state index is -0.333. The Balaban J connectivity index is 1.80. The fourth-order valence-corrected chi connectivity index (χ4v) is 1.84. The number of rotatable bonds is 7. The van der Waals surface area contributed by atoms with Crippen LogP contribution >= 0.6 is 0 Å². The number of carbonyl (C=O) groups is 2. The summed E-state index contributed by atoms with van der Waals surface area (Å²) in [6, 6.07) is 7.94. The molecule has 1 amide bonds. The van der Waals surface area contributed by atoms with Crippen molar-refractivity contribution < 1.29 is 14.3 Å². The smallest absolute Gasteiger partial charge is 0.258 e. The van der Waals surface area contributed by atoms with Gasteiger partial charge in [-0.05, 0) is 24.3 Å². The molecule has 1 heterocycles. The second-order valence-corrected chi connectivity index (χ2v) is 4.77. The molecule has 1 aromatic carbocycles. The van der Waals surface area contributed by atoms with Crippen molar-refractivity contribution in [2.45, 2.75) is 19.9 Å². The van der Waals surface area contributed by atoms with Crippen LogP contribution in [0.1, 0.15) is 29.4 Å². The molecule has 0 atom stereocenters. The van der Waals surface area contributed by atoms with Crippen LogP contribution < -0.4 is 15.6 Å². The lowest BCUT2D eigenvalue weighted by Gasteiger charge is -2.07. The quantitative estimate of drug-likeness (QED) is 0.744. The second-order valence-electron chi connectivity index (χ2n) is 4.77. The van der Waals surface area contributed by atoms with Crippen LogP contribution in [-0.4, -0.2) is 28.3 Å². The van der Waals surface area contributed by atoms with Gasteiger partial charge < -0.3 is 15.0 Å². The molecular formula is C16H17N3O4. The number of benzene rings is 1. The number of hydrogen-bond acceptors (Lipinski definition) is 5. The first-order valence-electron chi connectivity index (χ1n) is 7.15. The van der Waals surface area contributed by atoms with Gasteiger partial charge >= 0.3 is 0 Å². The van der Waals surface area contributed by atoms with E-state index in [1.165, 1.54) is 12.4 Å². The normalized spacial score (nSPS) is 10.1. The predicted molar refractivity (Wildman–Crippen MR) is 83.3 cm³/mol. The molecular weight excluding hydrogens is 298 g/mol. The van der Waals surface area contributed by atoms with Crippen LogP contribution in [0.25, 0.3) is 0 Å². The van der Waals surface area contributed by atoms with Crippen molar-refractivity contribution in [3.8, 4) is 5.75 Å². The van der Waals surface area contributed by atoms with E-state index in [1.807, 2.05) is 0 Å². The summed E-state index contributed by atoms with van der Waals surface area (Å²) in [6.07, 6.45) is 1.72. The molecule has 0 aliphatic heterocycles. The largest absolute Gasteiger partial charge is 0.484 e. The molecule has 0 aliphatic rings. The zero-order valence-corrected chi connectivity index (χ0v) is 12.7. The molecule has 7 nitrogen and oxygen atoms in total. The van der Waals surface area contributed by atoms with E-state index >= 15 is 0 Å². The minimum Gasteiger partial charge on any atom is -0.484 e. The summed E-state index contributed by atoms with van der Waals surface area (Å²) >= 11 is 0. The van der Waals surface area contributed by atoms with Gasteiger partial charge in [0.1, 0.15) is 5.75 Å². The van der Waals surface area contributed by atoms with Crippen molar-refractivity contribution in [3.05, 3.63) is 58.3 Å². The van der Waals surface area contributed by atoms with Crippen LogP contribution in [0.3, 0.4) is 0 Å². The predicted octanol–water partition coefficient (Wildman–Crippen LogP) is 1.06. The SMILES string of the molecule is CCC(=O)c1ccc(OCC(=O)NCc2cc(=O)[nH]cn2)cc1. The van der Waals surface area contributed by atoms with E-state index in [2.05, 4.69) is 15.3 Å². The zero-order chi connectivity index (χ0) is 16.7. The molecule has 0 radical (unpaired) electrons. The van der Waals surface area contributed by atoms with Gasteiger partial charge in [-0.2, -0.15) is 0 Å². The van der Waals surface area contributed by atoms with Crippen LogP contribution in [-0.2, 0) is 11.3 Å². The molecule has 120 valence electrons. The van der Waals surface area contributed by atoms with Crippen LogP contribution in [0, 0.1) is 0 Å². The maximum Gasteiger partial charge on any atom is 0.258 e. The van der Waals surface area contributed by atoms with Crippen molar-refractivity contribution in [1.29, 1.82) is 0 Å². The topological polar surface area (TPSA) is 101 Å². The monoisotopic (exact) mass is 315 g/mol. The maximum absolute atomic E-state index is 11.7. The first-order chi connectivity index (χ1) is 11.1. The van der Waals surface area contributed by atoms with E-state index in [9.17, 15) is 14.4 Å². The van der Waals surface area contributed by atoms with Gasteiger partial charge in [-0.1, -0.05) is 6.92 Å². The van der Waals surface area contributed by atoms with Gasteiger partial charge in [0.25, 0.3) is 11.5 Å². The van der Waals surface area contributed by atoms with Gasteiger partial charge in [-0.3, -0.25) is 14.4 Å². The number of ketones is 1. The second kappa shape index (κ2) is 7.88. The number of hydrogen-bond donors (Lipinski definition) is 2. The van der Waals surface area contributed by atoms with E-state index in [4.69, 9.17) is 4.74 Å². The van der Waals surface area contributed by atoms with E-state index in [0.717, 1.165) is 0 Å². The molecule has 2 N–H and O–H groups in total. The summed E-state index contributed by atoms with van der Waals surface area (Å²) in [4.78, 5) is 40.6. The molecule has 7 heteroatoms. The van der Waals surface area contributed by atoms with Crippen LogP contribution in [0.2, 0.25) is 0 Å². The van der Waals surface area contributed by atoms with Crippen molar-refractivity contribution in [2.75, 3.05) is 6.61 Å². The number of carbonyl (C=O) groups excluding carboxylic acids is 2. The minimum absolute atomic E-state index is 0.0552. The van der Waals surface area contributed by atoms with E-state index in [0.29, 0.717) is 23.4 Å². The Morgan fingerprint density at radius 3 is 2.65 bits per heavy atom. The van der Waals surface area contributed by atoms with Gasteiger partial charge in [0.05, 0.1) is 18.6 Å². The lowest BCUT2D eigenvalue weighted by atomic mass is 10.1. The third-order valence-electron chi connectivity index (χ3n) is 3.07. The first-order valence-corrected chi connectivity index (χ1v) is 7.15. The van der Waals surface area contributed by atoms with Crippen molar-refractivity contribution in [1.82, 2.24) is 15.3 Å². The lowest BCUT2D eigenvalue weighted by Crippen LogP contribution is -2.29. The number of H-pyrrole nitrogens is 1. The summed E-state index contributed by atoms with van der Waals surface area (Å²) in [5, 5.41) is 2.60. The fraction of sp³-hybridized carbons (Fsp3) is 0.250. The average Bonchev–Trinajstić information content (AvgIpc) is 2.58. The average molecular weight is 315 g/mol. The van der Waals surface area contributed by atoms with Gasteiger partial charge in [0.15, 0.2) is 12.4 Å². The number of nitrogens with zero attached hydrogens (tertiary/aromatic N) is 1. The van der Waals surface area contributed by atoms with Crippen molar-refractivity contribution in [2.24, 2.45) is 0 Å². The highest BCUT2D eigenvalue weighted by atomic mass is 16.5. The van der Waals surface area contributed by atoms with E-state index < -0.39 is 0 Å². The highest BCUT2D eigenvalue weighted by molar-refractivity contribution is 5.95. The standard InChI is InChI=1S/C16H17N3O4/c1-2-14(20)11-3-5-13(6-4-11)23-9-16(22)17-8-12-7-15(21)19-10-18-12/h3-7,10H,2,8-9H2,1H3,(H,17,22)(H,18,19,21). The first kappa shape index (κ1) is 16.4. The Hall–Kier alpha value is -2.96. The Morgan fingerprint density at radius 2 is 2.00 bits per heavy atom. The molecule has 0 saturated heterocycles. The van der Waals surface area contributed by atoms with E-state index in [-0.39, 0.29) is 30.4 Å². The lowest BCUT2D eigenvalue weighted by molar-refractivity contribution is -0.123. The Kier molecular flexibility index (Phi) is 5.62. The number of amides is 1. The molecule has 0 aliphatic carbocycles. The number of ether oxygens (including phenoxy) is 1. The van der Waals surface area contributed by atoms with Crippen LogP contribution in [0.15, 0.2) is 41.5 Å². The summed E-state index contributed by atoms with van der Waals surface area (Å²) in [5.41, 5.74) is 0.802. The van der Waals surface area contributed by atoms with Gasteiger partial charge in [0.2, 0.25) is 0 Å².